The highest BCUT2D eigenvalue weighted by atomic mass is 16.4. The Hall–Kier alpha value is -1.32. The number of carboxylic acid groups (broad SMARTS) is 1. The van der Waals surface area contributed by atoms with Crippen LogP contribution in [0.5, 0.6) is 0 Å². The van der Waals surface area contributed by atoms with Crippen molar-refractivity contribution in [2.75, 3.05) is 6.54 Å². The van der Waals surface area contributed by atoms with E-state index in [1.165, 1.54) is 0 Å². The van der Waals surface area contributed by atoms with Gasteiger partial charge in [0.15, 0.2) is 0 Å². The third-order valence-corrected chi connectivity index (χ3v) is 2.41. The minimum Gasteiger partial charge on any atom is -0.481 e. The molecule has 16 heavy (non-hydrogen) atoms. The summed E-state index contributed by atoms with van der Waals surface area (Å²) in [6, 6.07) is 0. The molecular formula is C12H21NO3. The Balaban J connectivity index is 4.23. The van der Waals surface area contributed by atoms with Crippen LogP contribution in [-0.4, -0.2) is 23.5 Å². The molecule has 2 N–H and O–H groups in total. The molecule has 0 rings (SSSR count). The molecule has 0 bridgehead atoms. The molecule has 0 radical (unpaired) electrons. The van der Waals surface area contributed by atoms with Crippen LogP contribution in [0.25, 0.3) is 0 Å². The molecule has 92 valence electrons. The second kappa shape index (κ2) is 7.04. The Labute approximate surface area is 96.7 Å². The molecule has 0 heterocycles. The summed E-state index contributed by atoms with van der Waals surface area (Å²) in [5, 5.41) is 11.6. The quantitative estimate of drug-likeness (QED) is 0.680. The van der Waals surface area contributed by atoms with E-state index in [2.05, 4.69) is 5.32 Å². The van der Waals surface area contributed by atoms with Crippen molar-refractivity contribution in [3.05, 3.63) is 11.6 Å². The number of rotatable bonds is 6. The van der Waals surface area contributed by atoms with Crippen LogP contribution in [0.1, 0.15) is 34.1 Å². The van der Waals surface area contributed by atoms with Gasteiger partial charge in [-0.05, 0) is 26.2 Å². The van der Waals surface area contributed by atoms with Crippen molar-refractivity contribution in [2.24, 2.45) is 11.8 Å². The van der Waals surface area contributed by atoms with E-state index in [4.69, 9.17) is 5.11 Å². The number of allylic oxidation sites excluding steroid dienone is 1. The molecule has 0 saturated carbocycles. The lowest BCUT2D eigenvalue weighted by Crippen LogP contribution is -2.34. The van der Waals surface area contributed by atoms with Crippen LogP contribution in [0.2, 0.25) is 0 Å². The second-order valence-corrected chi connectivity index (χ2v) is 4.35. The molecule has 0 spiro atoms. The van der Waals surface area contributed by atoms with Crippen LogP contribution in [0.4, 0.5) is 0 Å². The maximum atomic E-state index is 11.4. The monoisotopic (exact) mass is 227 g/mol. The maximum Gasteiger partial charge on any atom is 0.308 e. The molecule has 1 unspecified atom stereocenters. The van der Waals surface area contributed by atoms with Gasteiger partial charge in [-0.2, -0.15) is 0 Å². The number of aliphatic carboxylic acids is 1. The highest BCUT2D eigenvalue weighted by molar-refractivity contribution is 5.92. The van der Waals surface area contributed by atoms with Gasteiger partial charge in [0.1, 0.15) is 0 Å². The molecule has 0 aromatic heterocycles. The van der Waals surface area contributed by atoms with E-state index in [0.29, 0.717) is 17.9 Å². The number of hydrogen-bond donors (Lipinski definition) is 2. The summed E-state index contributed by atoms with van der Waals surface area (Å²) < 4.78 is 0. The van der Waals surface area contributed by atoms with Crippen LogP contribution >= 0.6 is 0 Å². The lowest BCUT2D eigenvalue weighted by molar-refractivity contribution is -0.142. The fourth-order valence-electron chi connectivity index (χ4n) is 1.33. The molecule has 0 fully saturated rings. The lowest BCUT2D eigenvalue weighted by atomic mass is 9.97. The van der Waals surface area contributed by atoms with Crippen molar-refractivity contribution >= 4 is 11.9 Å². The second-order valence-electron chi connectivity index (χ2n) is 4.35. The van der Waals surface area contributed by atoms with Crippen molar-refractivity contribution in [3.8, 4) is 0 Å². The third-order valence-electron chi connectivity index (χ3n) is 2.41. The van der Waals surface area contributed by atoms with Gasteiger partial charge in [0.2, 0.25) is 5.91 Å². The van der Waals surface area contributed by atoms with E-state index >= 15 is 0 Å². The van der Waals surface area contributed by atoms with E-state index in [9.17, 15) is 9.59 Å². The van der Waals surface area contributed by atoms with Crippen LogP contribution in [0, 0.1) is 11.8 Å². The molecule has 0 saturated heterocycles. The molecule has 4 nitrogen and oxygen atoms in total. The van der Waals surface area contributed by atoms with Gasteiger partial charge in [0.05, 0.1) is 5.92 Å². The number of carboxylic acids is 1. The Morgan fingerprint density at radius 2 is 1.94 bits per heavy atom. The van der Waals surface area contributed by atoms with Crippen molar-refractivity contribution in [1.29, 1.82) is 0 Å². The first-order chi connectivity index (χ1) is 7.38. The zero-order chi connectivity index (χ0) is 12.7. The number of hydrogen-bond acceptors (Lipinski definition) is 2. The number of amides is 1. The third kappa shape index (κ3) is 5.53. The fourth-order valence-corrected chi connectivity index (χ4v) is 1.33. The summed E-state index contributed by atoms with van der Waals surface area (Å²) in [4.78, 5) is 22.3. The van der Waals surface area contributed by atoms with E-state index in [-0.39, 0.29) is 12.5 Å². The van der Waals surface area contributed by atoms with Gasteiger partial charge in [-0.25, -0.2) is 0 Å². The van der Waals surface area contributed by atoms with Gasteiger partial charge in [-0.3, -0.25) is 9.59 Å². The van der Waals surface area contributed by atoms with Crippen LogP contribution in [0.3, 0.4) is 0 Å². The van der Waals surface area contributed by atoms with Crippen molar-refractivity contribution in [3.63, 3.8) is 0 Å². The largest absolute Gasteiger partial charge is 0.481 e. The topological polar surface area (TPSA) is 66.4 Å². The van der Waals surface area contributed by atoms with Gasteiger partial charge >= 0.3 is 5.97 Å². The highest BCUT2D eigenvalue weighted by Gasteiger charge is 2.19. The van der Waals surface area contributed by atoms with Gasteiger partial charge in [0, 0.05) is 12.1 Å². The van der Waals surface area contributed by atoms with E-state index in [1.807, 2.05) is 13.8 Å². The molecule has 0 aliphatic heterocycles. The standard InChI is InChI=1S/C12H21NO3/c1-5-9(4)11(14)13-7-10(12(15)16)6-8(2)3/h5,8,10H,6-7H2,1-4H3,(H,13,14)(H,15,16)/b9-5+. The fraction of sp³-hybridized carbons (Fsp3) is 0.667. The maximum absolute atomic E-state index is 11.4. The molecular weight excluding hydrogens is 206 g/mol. The van der Waals surface area contributed by atoms with Crippen LogP contribution < -0.4 is 5.32 Å². The number of nitrogens with one attached hydrogen (secondary N) is 1. The summed E-state index contributed by atoms with van der Waals surface area (Å²) in [5.74, 6) is -1.25. The van der Waals surface area contributed by atoms with Crippen LogP contribution in [-0.2, 0) is 9.59 Å². The molecule has 1 atom stereocenters. The average Bonchev–Trinajstić information content (AvgIpc) is 2.21. The van der Waals surface area contributed by atoms with Gasteiger partial charge in [0.25, 0.3) is 0 Å². The first-order valence-electron chi connectivity index (χ1n) is 5.52. The number of carbonyl (C=O) groups excluding carboxylic acids is 1. The van der Waals surface area contributed by atoms with Crippen LogP contribution in [0.15, 0.2) is 11.6 Å². The average molecular weight is 227 g/mol. The summed E-state index contributed by atoms with van der Waals surface area (Å²) in [6.45, 7) is 7.60. The van der Waals surface area contributed by atoms with Crippen molar-refractivity contribution in [2.45, 2.75) is 34.1 Å². The SMILES string of the molecule is C/C=C(\C)C(=O)NCC(CC(C)C)C(=O)O. The lowest BCUT2D eigenvalue weighted by Gasteiger charge is -2.15. The Bertz CT molecular complexity index is 282. The van der Waals surface area contributed by atoms with E-state index < -0.39 is 11.9 Å². The Kier molecular flexibility index (Phi) is 6.46. The Morgan fingerprint density at radius 3 is 2.31 bits per heavy atom. The minimum atomic E-state index is -0.855. The van der Waals surface area contributed by atoms with Crippen molar-refractivity contribution in [1.82, 2.24) is 5.32 Å². The van der Waals surface area contributed by atoms with Gasteiger partial charge < -0.3 is 10.4 Å². The normalized spacial score (nSPS) is 13.7. The predicted octanol–water partition coefficient (Wildman–Crippen LogP) is 1.82. The molecule has 0 aromatic carbocycles. The highest BCUT2D eigenvalue weighted by Crippen LogP contribution is 2.11. The van der Waals surface area contributed by atoms with E-state index in [0.717, 1.165) is 0 Å². The molecule has 4 heteroatoms. The first kappa shape index (κ1) is 14.7. The summed E-state index contributed by atoms with van der Waals surface area (Å²) in [5.41, 5.74) is 0.605. The zero-order valence-corrected chi connectivity index (χ0v) is 10.4. The summed E-state index contributed by atoms with van der Waals surface area (Å²) in [6.07, 6.45) is 2.28. The predicted molar refractivity (Wildman–Crippen MR) is 63.0 cm³/mol. The number of carbonyl (C=O) groups is 2. The summed E-state index contributed by atoms with van der Waals surface area (Å²) >= 11 is 0. The Morgan fingerprint density at radius 1 is 1.38 bits per heavy atom. The molecule has 0 aliphatic carbocycles. The first-order valence-corrected chi connectivity index (χ1v) is 5.52. The molecule has 0 aliphatic rings. The van der Waals surface area contributed by atoms with E-state index in [1.54, 1.807) is 19.9 Å². The molecule has 1 amide bonds. The van der Waals surface area contributed by atoms with Gasteiger partial charge in [-0.1, -0.05) is 19.9 Å². The minimum absolute atomic E-state index is 0.192. The van der Waals surface area contributed by atoms with Gasteiger partial charge in [-0.15, -0.1) is 0 Å². The summed E-state index contributed by atoms with van der Waals surface area (Å²) in [7, 11) is 0. The van der Waals surface area contributed by atoms with Crippen molar-refractivity contribution < 1.29 is 14.7 Å². The zero-order valence-electron chi connectivity index (χ0n) is 10.4. The molecule has 0 aromatic rings. The smallest absolute Gasteiger partial charge is 0.308 e.